The van der Waals surface area contributed by atoms with Crippen LogP contribution < -0.4 is 5.32 Å². The zero-order chi connectivity index (χ0) is 14.4. The fourth-order valence-corrected chi connectivity index (χ4v) is 2.05. The molecule has 0 spiro atoms. The highest BCUT2D eigenvalue weighted by atomic mass is 16.5. The number of pyridine rings is 1. The van der Waals surface area contributed by atoms with Crippen LogP contribution in [0.5, 0.6) is 5.75 Å². The van der Waals surface area contributed by atoms with E-state index in [1.165, 1.54) is 0 Å². The standard InChI is InChI=1S/C16H22N2O2/c1-12(2)20-10-4-3-8-17-16-15-11-14(19)6-5-13(15)7-9-18-16/h5-7,9,11-12,19H,3-4,8,10H2,1-2H3,(H,17,18). The summed E-state index contributed by atoms with van der Waals surface area (Å²) in [5.74, 6) is 1.09. The number of hydrogen-bond donors (Lipinski definition) is 2. The van der Waals surface area contributed by atoms with Gasteiger partial charge >= 0.3 is 0 Å². The van der Waals surface area contributed by atoms with E-state index in [4.69, 9.17) is 4.74 Å². The summed E-state index contributed by atoms with van der Waals surface area (Å²) in [5.41, 5.74) is 0. The van der Waals surface area contributed by atoms with Crippen molar-refractivity contribution in [3.8, 4) is 5.75 Å². The van der Waals surface area contributed by atoms with Gasteiger partial charge in [0.2, 0.25) is 0 Å². The van der Waals surface area contributed by atoms with Gasteiger partial charge in [-0.2, -0.15) is 0 Å². The number of ether oxygens (including phenoxy) is 1. The number of aromatic hydroxyl groups is 1. The van der Waals surface area contributed by atoms with Crippen molar-refractivity contribution in [3.63, 3.8) is 0 Å². The molecular weight excluding hydrogens is 252 g/mol. The monoisotopic (exact) mass is 274 g/mol. The maximum Gasteiger partial charge on any atom is 0.133 e. The van der Waals surface area contributed by atoms with Gasteiger partial charge in [0, 0.05) is 24.7 Å². The smallest absolute Gasteiger partial charge is 0.133 e. The third kappa shape index (κ3) is 4.10. The van der Waals surface area contributed by atoms with Gasteiger partial charge in [-0.05, 0) is 50.3 Å². The van der Waals surface area contributed by atoms with Crippen molar-refractivity contribution < 1.29 is 9.84 Å². The predicted octanol–water partition coefficient (Wildman–Crippen LogP) is 3.56. The molecule has 0 radical (unpaired) electrons. The second-order valence-corrected chi connectivity index (χ2v) is 5.12. The number of nitrogens with zero attached hydrogens (tertiary/aromatic N) is 1. The third-order valence-corrected chi connectivity index (χ3v) is 3.06. The van der Waals surface area contributed by atoms with E-state index in [2.05, 4.69) is 10.3 Å². The molecule has 0 saturated carbocycles. The summed E-state index contributed by atoms with van der Waals surface area (Å²) >= 11 is 0. The minimum Gasteiger partial charge on any atom is -0.508 e. The lowest BCUT2D eigenvalue weighted by Crippen LogP contribution is -2.07. The van der Waals surface area contributed by atoms with Crippen molar-refractivity contribution in [3.05, 3.63) is 30.5 Å². The molecule has 0 atom stereocenters. The number of fused-ring (bicyclic) bond motifs is 1. The molecule has 0 aliphatic heterocycles. The van der Waals surface area contributed by atoms with Crippen molar-refractivity contribution in [2.75, 3.05) is 18.5 Å². The van der Waals surface area contributed by atoms with Crippen LogP contribution >= 0.6 is 0 Å². The van der Waals surface area contributed by atoms with Crippen molar-refractivity contribution in [1.29, 1.82) is 0 Å². The summed E-state index contributed by atoms with van der Waals surface area (Å²) < 4.78 is 5.50. The van der Waals surface area contributed by atoms with Gasteiger partial charge < -0.3 is 15.2 Å². The Morgan fingerprint density at radius 1 is 1.25 bits per heavy atom. The first-order chi connectivity index (χ1) is 9.66. The Hall–Kier alpha value is -1.81. The molecule has 0 unspecified atom stereocenters. The van der Waals surface area contributed by atoms with Crippen LogP contribution in [0.25, 0.3) is 10.8 Å². The molecule has 2 aromatic rings. The first-order valence-corrected chi connectivity index (χ1v) is 7.10. The molecule has 1 aromatic heterocycles. The number of phenols is 1. The van der Waals surface area contributed by atoms with E-state index >= 15 is 0 Å². The van der Waals surface area contributed by atoms with Gasteiger partial charge in [-0.3, -0.25) is 0 Å². The lowest BCUT2D eigenvalue weighted by molar-refractivity contribution is 0.0765. The Labute approximate surface area is 119 Å². The van der Waals surface area contributed by atoms with Gasteiger partial charge in [-0.1, -0.05) is 6.07 Å². The second kappa shape index (κ2) is 7.10. The minimum atomic E-state index is 0.263. The van der Waals surface area contributed by atoms with Crippen LogP contribution in [0.3, 0.4) is 0 Å². The number of rotatable bonds is 7. The van der Waals surface area contributed by atoms with Gasteiger partial charge in [0.05, 0.1) is 6.10 Å². The van der Waals surface area contributed by atoms with E-state index in [9.17, 15) is 5.11 Å². The Bertz CT molecular complexity index is 555. The average Bonchev–Trinajstić information content (AvgIpc) is 2.42. The molecule has 20 heavy (non-hydrogen) atoms. The van der Waals surface area contributed by atoms with Crippen molar-refractivity contribution >= 4 is 16.6 Å². The van der Waals surface area contributed by atoms with Gasteiger partial charge in [0.15, 0.2) is 0 Å². The zero-order valence-electron chi connectivity index (χ0n) is 12.1. The molecular formula is C16H22N2O2. The highest BCUT2D eigenvalue weighted by Gasteiger charge is 2.03. The van der Waals surface area contributed by atoms with Crippen LogP contribution in [-0.4, -0.2) is 29.3 Å². The van der Waals surface area contributed by atoms with Crippen LogP contribution in [0.15, 0.2) is 30.5 Å². The average molecular weight is 274 g/mol. The third-order valence-electron chi connectivity index (χ3n) is 3.06. The first kappa shape index (κ1) is 14.6. The van der Waals surface area contributed by atoms with Crippen molar-refractivity contribution in [2.24, 2.45) is 0 Å². The van der Waals surface area contributed by atoms with E-state index in [1.807, 2.05) is 26.0 Å². The summed E-state index contributed by atoms with van der Waals surface area (Å²) in [6, 6.07) is 7.27. The van der Waals surface area contributed by atoms with E-state index in [0.29, 0.717) is 6.10 Å². The number of benzene rings is 1. The van der Waals surface area contributed by atoms with Crippen molar-refractivity contribution in [1.82, 2.24) is 4.98 Å². The SMILES string of the molecule is CC(C)OCCCCNc1nccc2ccc(O)cc12. The summed E-state index contributed by atoms with van der Waals surface area (Å²) in [4.78, 5) is 4.34. The Morgan fingerprint density at radius 3 is 2.90 bits per heavy atom. The molecule has 108 valence electrons. The van der Waals surface area contributed by atoms with Crippen LogP contribution in [0.2, 0.25) is 0 Å². The molecule has 1 heterocycles. The fraction of sp³-hybridized carbons (Fsp3) is 0.438. The number of aromatic nitrogens is 1. The van der Waals surface area contributed by atoms with E-state index < -0.39 is 0 Å². The van der Waals surface area contributed by atoms with Crippen molar-refractivity contribution in [2.45, 2.75) is 32.8 Å². The predicted molar refractivity (Wildman–Crippen MR) is 82.2 cm³/mol. The normalized spacial score (nSPS) is 11.2. The lowest BCUT2D eigenvalue weighted by Gasteiger charge is -2.10. The molecule has 0 aliphatic carbocycles. The fourth-order valence-electron chi connectivity index (χ4n) is 2.05. The summed E-state index contributed by atoms with van der Waals surface area (Å²) in [6.45, 7) is 5.74. The molecule has 4 heteroatoms. The van der Waals surface area contributed by atoms with Crippen LogP contribution in [-0.2, 0) is 4.74 Å². The summed E-state index contributed by atoms with van der Waals surface area (Å²) in [5, 5.41) is 14.9. The number of nitrogens with one attached hydrogen (secondary N) is 1. The highest BCUT2D eigenvalue weighted by molar-refractivity contribution is 5.92. The molecule has 4 nitrogen and oxygen atoms in total. The van der Waals surface area contributed by atoms with Crippen LogP contribution in [0.1, 0.15) is 26.7 Å². The Morgan fingerprint density at radius 2 is 2.10 bits per heavy atom. The quantitative estimate of drug-likeness (QED) is 0.758. The zero-order valence-corrected chi connectivity index (χ0v) is 12.1. The molecule has 0 aliphatic rings. The first-order valence-electron chi connectivity index (χ1n) is 7.10. The lowest BCUT2D eigenvalue weighted by atomic mass is 10.1. The number of hydrogen-bond acceptors (Lipinski definition) is 4. The molecule has 2 N–H and O–H groups in total. The second-order valence-electron chi connectivity index (χ2n) is 5.12. The molecule has 0 saturated heterocycles. The molecule has 0 fully saturated rings. The highest BCUT2D eigenvalue weighted by Crippen LogP contribution is 2.24. The molecule has 0 amide bonds. The van der Waals surface area contributed by atoms with Gasteiger partial charge in [0.25, 0.3) is 0 Å². The van der Waals surface area contributed by atoms with Crippen LogP contribution in [0, 0.1) is 0 Å². The summed E-state index contributed by atoms with van der Waals surface area (Å²) in [6.07, 6.45) is 4.14. The summed E-state index contributed by atoms with van der Waals surface area (Å²) in [7, 11) is 0. The number of unbranched alkanes of at least 4 members (excludes halogenated alkanes) is 1. The van der Waals surface area contributed by atoms with Gasteiger partial charge in [-0.15, -0.1) is 0 Å². The molecule has 2 rings (SSSR count). The minimum absolute atomic E-state index is 0.263. The van der Waals surface area contributed by atoms with E-state index in [-0.39, 0.29) is 5.75 Å². The largest absolute Gasteiger partial charge is 0.508 e. The van der Waals surface area contributed by atoms with Crippen LogP contribution in [0.4, 0.5) is 5.82 Å². The maximum absolute atomic E-state index is 9.58. The van der Waals surface area contributed by atoms with Gasteiger partial charge in [-0.25, -0.2) is 4.98 Å². The number of anilines is 1. The molecule has 1 aromatic carbocycles. The molecule has 0 bridgehead atoms. The maximum atomic E-state index is 9.58. The Balaban J connectivity index is 1.88. The topological polar surface area (TPSA) is 54.4 Å². The van der Waals surface area contributed by atoms with E-state index in [0.717, 1.165) is 42.6 Å². The number of phenolic OH excluding ortho intramolecular Hbond substituents is 1. The van der Waals surface area contributed by atoms with E-state index in [1.54, 1.807) is 18.3 Å². The Kier molecular flexibility index (Phi) is 5.18. The van der Waals surface area contributed by atoms with Gasteiger partial charge in [0.1, 0.15) is 11.6 Å².